The van der Waals surface area contributed by atoms with Crippen LogP contribution in [0, 0.1) is 17.5 Å². The van der Waals surface area contributed by atoms with Gasteiger partial charge in [0.1, 0.15) is 35.0 Å². The molecule has 0 amide bonds. The Morgan fingerprint density at radius 3 is 2.52 bits per heavy atom. The van der Waals surface area contributed by atoms with Crippen LogP contribution in [0.4, 0.5) is 19.0 Å². The quantitative estimate of drug-likeness (QED) is 0.407. The van der Waals surface area contributed by atoms with Gasteiger partial charge < -0.3 is 10.3 Å². The summed E-state index contributed by atoms with van der Waals surface area (Å²) in [6, 6.07) is 8.41. The molecule has 0 aliphatic rings. The Hall–Kier alpha value is -4.21. The van der Waals surface area contributed by atoms with Crippen LogP contribution in [0.15, 0.2) is 59.9 Å². The average molecular weight is 450 g/mol. The summed E-state index contributed by atoms with van der Waals surface area (Å²) in [6.45, 7) is 1.84. The number of nitrogens with zero attached hydrogens (tertiary/aromatic N) is 4. The number of anilines is 1. The lowest BCUT2D eigenvalue weighted by molar-refractivity contribution is 0.557. The number of imidazole rings is 1. The number of aromatic nitrogens is 5. The zero-order chi connectivity index (χ0) is 23.1. The molecule has 166 valence electrons. The second kappa shape index (κ2) is 8.05. The number of aromatic amines is 1. The van der Waals surface area contributed by atoms with E-state index in [1.54, 1.807) is 12.1 Å². The molecule has 33 heavy (non-hydrogen) atoms. The molecule has 0 saturated heterocycles. The molecule has 3 aromatic heterocycles. The van der Waals surface area contributed by atoms with E-state index in [2.05, 4.69) is 25.3 Å². The minimum absolute atomic E-state index is 0.242. The summed E-state index contributed by atoms with van der Waals surface area (Å²) in [6.07, 6.45) is 3.22. The van der Waals surface area contributed by atoms with Gasteiger partial charge in [-0.3, -0.25) is 9.36 Å². The number of halogens is 3. The maximum Gasteiger partial charge on any atom is 0.266 e. The minimum atomic E-state index is -0.944. The van der Waals surface area contributed by atoms with Gasteiger partial charge in [-0.25, -0.2) is 28.1 Å². The number of nitrogens with one attached hydrogen (secondary N) is 2. The Labute approximate surface area is 185 Å². The number of fused-ring (bicyclic) bond motifs is 2. The molecule has 5 rings (SSSR count). The molecule has 1 atom stereocenters. The van der Waals surface area contributed by atoms with Crippen LogP contribution in [0.5, 0.6) is 0 Å². The molecule has 2 aromatic carbocycles. The lowest BCUT2D eigenvalue weighted by Crippen LogP contribution is -2.28. The first-order valence-electron chi connectivity index (χ1n) is 10.2. The number of pyridine rings is 1. The third-order valence-corrected chi connectivity index (χ3v) is 5.48. The summed E-state index contributed by atoms with van der Waals surface area (Å²) >= 11 is 0. The standard InChI is InChI=1S/C23H17F3N6O/c1-2-16(31-22-19-21(28-10-27-19)29-11-30-22)17-9-12-5-3-6-13(24)18(12)23(33)32(17)20-14(25)7-4-8-15(20)26/h3-11,16H,2H2,1H3,(H2,27,28,29,30,31). The molecule has 5 aromatic rings. The van der Waals surface area contributed by atoms with Gasteiger partial charge >= 0.3 is 0 Å². The molecule has 0 spiro atoms. The van der Waals surface area contributed by atoms with Crippen LogP contribution in [0.25, 0.3) is 27.6 Å². The third-order valence-electron chi connectivity index (χ3n) is 5.48. The summed E-state index contributed by atoms with van der Waals surface area (Å²) in [5, 5.41) is 3.26. The highest BCUT2D eigenvalue weighted by Crippen LogP contribution is 2.30. The van der Waals surface area contributed by atoms with Crippen molar-refractivity contribution in [1.29, 1.82) is 0 Å². The fraction of sp³-hybridized carbons (Fsp3) is 0.130. The van der Waals surface area contributed by atoms with E-state index in [1.807, 2.05) is 6.92 Å². The Balaban J connectivity index is 1.79. The monoisotopic (exact) mass is 450 g/mol. The first-order valence-corrected chi connectivity index (χ1v) is 10.2. The van der Waals surface area contributed by atoms with E-state index in [4.69, 9.17) is 0 Å². The SMILES string of the molecule is CCC(Nc1ncnc2[nH]cnc12)c1cc2cccc(F)c2c(=O)n1-c1c(F)cccc1F. The minimum Gasteiger partial charge on any atom is -0.360 e. The molecule has 0 fully saturated rings. The van der Waals surface area contributed by atoms with E-state index in [-0.39, 0.29) is 11.1 Å². The van der Waals surface area contributed by atoms with Crippen molar-refractivity contribution >= 4 is 27.8 Å². The first kappa shape index (κ1) is 20.7. The maximum atomic E-state index is 14.8. The highest BCUT2D eigenvalue weighted by atomic mass is 19.1. The molecule has 0 radical (unpaired) electrons. The van der Waals surface area contributed by atoms with E-state index in [9.17, 15) is 18.0 Å². The van der Waals surface area contributed by atoms with Gasteiger partial charge in [-0.1, -0.05) is 25.1 Å². The van der Waals surface area contributed by atoms with Gasteiger partial charge in [-0.2, -0.15) is 0 Å². The molecule has 10 heteroatoms. The topological polar surface area (TPSA) is 88.5 Å². The second-order valence-electron chi connectivity index (χ2n) is 7.41. The molecule has 0 aliphatic heterocycles. The largest absolute Gasteiger partial charge is 0.360 e. The Morgan fingerprint density at radius 1 is 1.03 bits per heavy atom. The maximum absolute atomic E-state index is 14.8. The molecule has 3 heterocycles. The predicted molar refractivity (Wildman–Crippen MR) is 118 cm³/mol. The predicted octanol–water partition coefficient (Wildman–Crippen LogP) is 4.64. The van der Waals surface area contributed by atoms with Gasteiger partial charge in [-0.15, -0.1) is 0 Å². The van der Waals surface area contributed by atoms with E-state index in [1.165, 1.54) is 24.8 Å². The second-order valence-corrected chi connectivity index (χ2v) is 7.41. The van der Waals surface area contributed by atoms with E-state index in [0.717, 1.165) is 22.8 Å². The lowest BCUT2D eigenvalue weighted by Gasteiger charge is -2.24. The van der Waals surface area contributed by atoms with Crippen LogP contribution >= 0.6 is 0 Å². The van der Waals surface area contributed by atoms with Crippen molar-refractivity contribution in [2.24, 2.45) is 0 Å². The van der Waals surface area contributed by atoms with Crippen molar-refractivity contribution < 1.29 is 13.2 Å². The fourth-order valence-corrected chi connectivity index (χ4v) is 3.95. The first-order chi connectivity index (χ1) is 16.0. The number of benzene rings is 2. The number of para-hydroxylation sites is 1. The van der Waals surface area contributed by atoms with E-state index < -0.39 is 34.7 Å². The summed E-state index contributed by atoms with van der Waals surface area (Å²) in [5.74, 6) is -2.29. The highest BCUT2D eigenvalue weighted by Gasteiger charge is 2.24. The van der Waals surface area contributed by atoms with Crippen molar-refractivity contribution in [1.82, 2.24) is 24.5 Å². The van der Waals surface area contributed by atoms with Gasteiger partial charge in [0.25, 0.3) is 5.56 Å². The molecule has 1 unspecified atom stereocenters. The third kappa shape index (κ3) is 3.39. The number of hydrogen-bond donors (Lipinski definition) is 2. The number of rotatable bonds is 5. The summed E-state index contributed by atoms with van der Waals surface area (Å²) < 4.78 is 45.1. The van der Waals surface area contributed by atoms with Crippen molar-refractivity contribution in [3.05, 3.63) is 88.6 Å². The van der Waals surface area contributed by atoms with Crippen LogP contribution in [0.1, 0.15) is 25.1 Å². The Bertz CT molecular complexity index is 1540. The molecular weight excluding hydrogens is 433 g/mol. The smallest absolute Gasteiger partial charge is 0.266 e. The zero-order valence-corrected chi connectivity index (χ0v) is 17.3. The van der Waals surface area contributed by atoms with Gasteiger partial charge in [0.05, 0.1) is 17.8 Å². The molecule has 0 saturated carbocycles. The Morgan fingerprint density at radius 2 is 1.76 bits per heavy atom. The van der Waals surface area contributed by atoms with Gasteiger partial charge in [0.2, 0.25) is 0 Å². The Kier molecular flexibility index (Phi) is 5.04. The summed E-state index contributed by atoms with van der Waals surface area (Å²) in [5.41, 5.74) is -0.228. The van der Waals surface area contributed by atoms with Crippen LogP contribution < -0.4 is 10.9 Å². The van der Waals surface area contributed by atoms with Crippen molar-refractivity contribution in [3.8, 4) is 5.69 Å². The summed E-state index contributed by atoms with van der Waals surface area (Å²) in [4.78, 5) is 28.9. The van der Waals surface area contributed by atoms with Gasteiger partial charge in [0.15, 0.2) is 11.5 Å². The molecule has 0 bridgehead atoms. The van der Waals surface area contributed by atoms with Crippen LogP contribution in [-0.4, -0.2) is 24.5 Å². The highest BCUT2D eigenvalue weighted by molar-refractivity contribution is 5.84. The molecule has 0 aliphatic carbocycles. The van der Waals surface area contributed by atoms with Gasteiger partial charge in [0, 0.05) is 5.69 Å². The summed E-state index contributed by atoms with van der Waals surface area (Å²) in [7, 11) is 0. The van der Waals surface area contributed by atoms with Crippen molar-refractivity contribution in [2.75, 3.05) is 5.32 Å². The van der Waals surface area contributed by atoms with Crippen LogP contribution in [0.3, 0.4) is 0 Å². The van der Waals surface area contributed by atoms with Crippen LogP contribution in [0.2, 0.25) is 0 Å². The lowest BCUT2D eigenvalue weighted by atomic mass is 10.0. The van der Waals surface area contributed by atoms with Crippen molar-refractivity contribution in [3.63, 3.8) is 0 Å². The fourth-order valence-electron chi connectivity index (χ4n) is 3.95. The van der Waals surface area contributed by atoms with Crippen molar-refractivity contribution in [2.45, 2.75) is 19.4 Å². The molecule has 7 nitrogen and oxygen atoms in total. The average Bonchev–Trinajstić information content (AvgIpc) is 3.28. The number of H-pyrrole nitrogens is 1. The number of hydrogen-bond acceptors (Lipinski definition) is 5. The van der Waals surface area contributed by atoms with Gasteiger partial charge in [-0.05, 0) is 36.1 Å². The van der Waals surface area contributed by atoms with E-state index >= 15 is 0 Å². The van der Waals surface area contributed by atoms with Crippen LogP contribution in [-0.2, 0) is 0 Å². The van der Waals surface area contributed by atoms with E-state index in [0.29, 0.717) is 28.8 Å². The zero-order valence-electron chi connectivity index (χ0n) is 17.3. The molecular formula is C23H17F3N6O. The molecule has 2 N–H and O–H groups in total. The normalized spacial score (nSPS) is 12.4.